The summed E-state index contributed by atoms with van der Waals surface area (Å²) in [6, 6.07) is 14.1. The van der Waals surface area contributed by atoms with E-state index in [1.807, 2.05) is 37.6 Å². The highest BCUT2D eigenvalue weighted by molar-refractivity contribution is 5.98. The van der Waals surface area contributed by atoms with E-state index in [9.17, 15) is 9.90 Å². The Bertz CT molecular complexity index is 1090. The molecule has 2 heterocycles. The first-order valence-electron chi connectivity index (χ1n) is 10.9. The highest BCUT2D eigenvalue weighted by atomic mass is 16.5. The SMILES string of the molecule is Cn1cc(-c2ccc(Cc3ccc4c(c3)C(=O)N([C@@H]3CCCC[C@H]3O)CO4)cc2)cn1. The number of hydrogen-bond acceptors (Lipinski definition) is 4. The number of aryl methyl sites for hydroxylation is 1. The summed E-state index contributed by atoms with van der Waals surface area (Å²) in [6.07, 6.45) is 7.75. The van der Waals surface area contributed by atoms with Crippen molar-refractivity contribution in [1.29, 1.82) is 0 Å². The molecule has 0 radical (unpaired) electrons. The Labute approximate surface area is 182 Å². The molecule has 1 aliphatic carbocycles. The van der Waals surface area contributed by atoms with Crippen LogP contribution in [-0.2, 0) is 13.5 Å². The lowest BCUT2D eigenvalue weighted by Crippen LogP contribution is -2.51. The van der Waals surface area contributed by atoms with E-state index in [0.717, 1.165) is 48.8 Å². The Morgan fingerprint density at radius 2 is 1.84 bits per heavy atom. The van der Waals surface area contributed by atoms with Crippen molar-refractivity contribution in [3.8, 4) is 16.9 Å². The van der Waals surface area contributed by atoms with Crippen LogP contribution >= 0.6 is 0 Å². The summed E-state index contributed by atoms with van der Waals surface area (Å²) in [5, 5.41) is 14.6. The first-order chi connectivity index (χ1) is 15.1. The van der Waals surface area contributed by atoms with Gasteiger partial charge in [-0.1, -0.05) is 43.2 Å². The number of ether oxygens (including phenoxy) is 1. The van der Waals surface area contributed by atoms with Gasteiger partial charge in [-0.15, -0.1) is 0 Å². The molecule has 2 aliphatic rings. The number of carbonyl (C=O) groups is 1. The van der Waals surface area contributed by atoms with Gasteiger partial charge in [0.05, 0.1) is 23.9 Å². The van der Waals surface area contributed by atoms with Crippen LogP contribution in [0.1, 0.15) is 47.2 Å². The fraction of sp³-hybridized carbons (Fsp3) is 0.360. The van der Waals surface area contributed by atoms with Crippen molar-refractivity contribution in [3.05, 3.63) is 71.5 Å². The lowest BCUT2D eigenvalue weighted by molar-refractivity contribution is -0.0124. The van der Waals surface area contributed by atoms with Gasteiger partial charge in [-0.2, -0.15) is 5.10 Å². The molecule has 2 aromatic carbocycles. The average molecular weight is 418 g/mol. The van der Waals surface area contributed by atoms with E-state index in [2.05, 4.69) is 29.4 Å². The second-order valence-corrected chi connectivity index (χ2v) is 8.57. The van der Waals surface area contributed by atoms with Crippen molar-refractivity contribution >= 4 is 5.91 Å². The second-order valence-electron chi connectivity index (χ2n) is 8.57. The standard InChI is InChI=1S/C25H27N3O3/c1-27-15-20(14-26-27)19-9-6-17(7-10-19)12-18-8-11-24-21(13-18)25(30)28(16-31-24)22-4-2-3-5-23(22)29/h6-11,13-15,22-23,29H,2-5,12,16H2,1H3/t22-,23-/m1/s1. The molecule has 1 N–H and O–H groups in total. The smallest absolute Gasteiger partial charge is 0.260 e. The molecule has 5 rings (SSSR count). The fourth-order valence-electron chi connectivity index (χ4n) is 4.66. The van der Waals surface area contributed by atoms with Crippen LogP contribution in [0.3, 0.4) is 0 Å². The first-order valence-corrected chi connectivity index (χ1v) is 10.9. The van der Waals surface area contributed by atoms with E-state index in [4.69, 9.17) is 4.74 Å². The maximum absolute atomic E-state index is 13.2. The van der Waals surface area contributed by atoms with E-state index in [0.29, 0.717) is 11.3 Å². The number of rotatable bonds is 4. The van der Waals surface area contributed by atoms with Gasteiger partial charge in [-0.05, 0) is 48.1 Å². The minimum atomic E-state index is -0.468. The zero-order valence-corrected chi connectivity index (χ0v) is 17.7. The van der Waals surface area contributed by atoms with E-state index >= 15 is 0 Å². The highest BCUT2D eigenvalue weighted by Gasteiger charge is 2.36. The molecule has 0 spiro atoms. The number of carbonyl (C=O) groups excluding carboxylic acids is 1. The first kappa shape index (κ1) is 19.8. The quantitative estimate of drug-likeness (QED) is 0.702. The van der Waals surface area contributed by atoms with E-state index < -0.39 is 6.10 Å². The van der Waals surface area contributed by atoms with E-state index in [-0.39, 0.29) is 18.7 Å². The molecule has 0 saturated heterocycles. The summed E-state index contributed by atoms with van der Waals surface area (Å²) in [4.78, 5) is 14.9. The molecule has 3 aromatic rings. The van der Waals surface area contributed by atoms with Gasteiger partial charge in [0.2, 0.25) is 0 Å². The van der Waals surface area contributed by atoms with Crippen molar-refractivity contribution in [1.82, 2.24) is 14.7 Å². The molecule has 1 saturated carbocycles. The molecule has 0 bridgehead atoms. The van der Waals surface area contributed by atoms with Crippen LogP contribution in [0.5, 0.6) is 5.75 Å². The fourth-order valence-corrected chi connectivity index (χ4v) is 4.66. The van der Waals surface area contributed by atoms with Crippen molar-refractivity contribution in [2.24, 2.45) is 7.05 Å². The minimum Gasteiger partial charge on any atom is -0.472 e. The molecule has 1 aromatic heterocycles. The number of aliphatic hydroxyl groups is 1. The Morgan fingerprint density at radius 3 is 2.58 bits per heavy atom. The normalized spacial score (nSPS) is 21.0. The summed E-state index contributed by atoms with van der Waals surface area (Å²) in [5.74, 6) is 0.586. The number of benzene rings is 2. The van der Waals surface area contributed by atoms with Crippen LogP contribution in [0.4, 0.5) is 0 Å². The van der Waals surface area contributed by atoms with Crippen LogP contribution in [-0.4, -0.2) is 44.6 Å². The average Bonchev–Trinajstić information content (AvgIpc) is 3.22. The topological polar surface area (TPSA) is 67.6 Å². The third kappa shape index (κ3) is 3.95. The van der Waals surface area contributed by atoms with Gasteiger partial charge in [-0.3, -0.25) is 14.4 Å². The zero-order valence-electron chi connectivity index (χ0n) is 17.7. The molecular formula is C25H27N3O3. The number of nitrogens with zero attached hydrogens (tertiary/aromatic N) is 3. The summed E-state index contributed by atoms with van der Waals surface area (Å²) in [7, 11) is 1.91. The molecule has 0 unspecified atom stereocenters. The summed E-state index contributed by atoms with van der Waals surface area (Å²) >= 11 is 0. The van der Waals surface area contributed by atoms with Crippen molar-refractivity contribution < 1.29 is 14.6 Å². The molecule has 1 amide bonds. The Morgan fingerprint density at radius 1 is 1.06 bits per heavy atom. The van der Waals surface area contributed by atoms with Crippen molar-refractivity contribution in [3.63, 3.8) is 0 Å². The maximum Gasteiger partial charge on any atom is 0.260 e. The molecular weight excluding hydrogens is 390 g/mol. The van der Waals surface area contributed by atoms with Gasteiger partial charge >= 0.3 is 0 Å². The lowest BCUT2D eigenvalue weighted by atomic mass is 9.90. The minimum absolute atomic E-state index is 0.0408. The molecule has 160 valence electrons. The third-order valence-corrected chi connectivity index (χ3v) is 6.39. The highest BCUT2D eigenvalue weighted by Crippen LogP contribution is 2.32. The van der Waals surface area contributed by atoms with Gasteiger partial charge in [0, 0.05) is 18.8 Å². The number of hydrogen-bond donors (Lipinski definition) is 1. The number of aliphatic hydroxyl groups excluding tert-OH is 1. The van der Waals surface area contributed by atoms with Gasteiger partial charge in [0.25, 0.3) is 5.91 Å². The number of aromatic nitrogens is 2. The number of fused-ring (bicyclic) bond motifs is 1. The van der Waals surface area contributed by atoms with Crippen LogP contribution in [0.15, 0.2) is 54.9 Å². The number of amides is 1. The lowest BCUT2D eigenvalue weighted by Gasteiger charge is -2.39. The zero-order chi connectivity index (χ0) is 21.4. The summed E-state index contributed by atoms with van der Waals surface area (Å²) in [6.45, 7) is 0.211. The molecule has 31 heavy (non-hydrogen) atoms. The van der Waals surface area contributed by atoms with Gasteiger partial charge in [0.1, 0.15) is 5.75 Å². The Hall–Kier alpha value is -3.12. The molecule has 1 aliphatic heterocycles. The second kappa shape index (κ2) is 8.19. The maximum atomic E-state index is 13.2. The van der Waals surface area contributed by atoms with Crippen LogP contribution in [0, 0.1) is 0 Å². The van der Waals surface area contributed by atoms with Crippen molar-refractivity contribution in [2.45, 2.75) is 44.2 Å². The summed E-state index contributed by atoms with van der Waals surface area (Å²) in [5.41, 5.74) is 5.06. The van der Waals surface area contributed by atoms with E-state index in [1.165, 1.54) is 5.56 Å². The Kier molecular flexibility index (Phi) is 5.24. The largest absolute Gasteiger partial charge is 0.472 e. The van der Waals surface area contributed by atoms with Gasteiger partial charge in [-0.25, -0.2) is 0 Å². The monoisotopic (exact) mass is 417 g/mol. The van der Waals surface area contributed by atoms with Crippen LogP contribution < -0.4 is 4.74 Å². The molecule has 1 fully saturated rings. The molecule has 6 nitrogen and oxygen atoms in total. The van der Waals surface area contributed by atoms with Gasteiger partial charge < -0.3 is 9.84 Å². The van der Waals surface area contributed by atoms with E-state index in [1.54, 1.807) is 9.58 Å². The van der Waals surface area contributed by atoms with Crippen LogP contribution in [0.2, 0.25) is 0 Å². The molecule has 6 heteroatoms. The van der Waals surface area contributed by atoms with Crippen molar-refractivity contribution in [2.75, 3.05) is 6.73 Å². The summed E-state index contributed by atoms with van der Waals surface area (Å²) < 4.78 is 7.66. The third-order valence-electron chi connectivity index (χ3n) is 6.39. The van der Waals surface area contributed by atoms with Crippen LogP contribution in [0.25, 0.3) is 11.1 Å². The Balaban J connectivity index is 1.34. The molecule has 2 atom stereocenters. The van der Waals surface area contributed by atoms with Gasteiger partial charge in [0.15, 0.2) is 6.73 Å². The predicted molar refractivity (Wildman–Crippen MR) is 118 cm³/mol. The predicted octanol–water partition coefficient (Wildman–Crippen LogP) is 3.77.